The molecule has 0 radical (unpaired) electrons. The van der Waals surface area contributed by atoms with Gasteiger partial charge in [-0.15, -0.1) is 0 Å². The summed E-state index contributed by atoms with van der Waals surface area (Å²) < 4.78 is 68.4. The van der Waals surface area contributed by atoms with Crippen molar-refractivity contribution in [1.82, 2.24) is 0 Å². The van der Waals surface area contributed by atoms with Gasteiger partial charge in [0.05, 0.1) is 26.4 Å². The lowest BCUT2D eigenvalue weighted by molar-refractivity contribution is -0.161. The molecule has 92 heavy (non-hydrogen) atoms. The van der Waals surface area contributed by atoms with Crippen molar-refractivity contribution in [2.24, 2.45) is 23.7 Å². The zero-order valence-electron chi connectivity index (χ0n) is 60.2. The third kappa shape index (κ3) is 66.7. The fraction of sp³-hybridized carbons (Fsp3) is 0.945. The van der Waals surface area contributed by atoms with Gasteiger partial charge in [0, 0.05) is 25.7 Å². The van der Waals surface area contributed by atoms with Crippen LogP contribution >= 0.6 is 15.6 Å². The van der Waals surface area contributed by atoms with E-state index in [1.807, 2.05) is 0 Å². The Kier molecular flexibility index (Phi) is 61.3. The summed E-state index contributed by atoms with van der Waals surface area (Å²) >= 11 is 0. The number of carbonyl (C=O) groups excluding carboxylic acids is 4. The number of aliphatic hydroxyl groups is 1. The van der Waals surface area contributed by atoms with Crippen LogP contribution < -0.4 is 0 Å². The van der Waals surface area contributed by atoms with Gasteiger partial charge < -0.3 is 33.8 Å². The Morgan fingerprint density at radius 1 is 0.272 bits per heavy atom. The number of aliphatic hydroxyl groups excluding tert-OH is 1. The van der Waals surface area contributed by atoms with E-state index in [2.05, 4.69) is 55.4 Å². The zero-order chi connectivity index (χ0) is 68.2. The largest absolute Gasteiger partial charge is 0.472 e. The summed E-state index contributed by atoms with van der Waals surface area (Å²) in [5, 5.41) is 10.6. The highest BCUT2D eigenvalue weighted by Crippen LogP contribution is 2.45. The molecule has 3 N–H and O–H groups in total. The summed E-state index contributed by atoms with van der Waals surface area (Å²) in [4.78, 5) is 72.6. The van der Waals surface area contributed by atoms with Crippen molar-refractivity contribution in [2.75, 3.05) is 39.6 Å². The molecule has 0 amide bonds. The summed E-state index contributed by atoms with van der Waals surface area (Å²) in [5.74, 6) is 0.851. The third-order valence-corrected chi connectivity index (χ3v) is 18.7. The van der Waals surface area contributed by atoms with Crippen LogP contribution in [0.25, 0.3) is 0 Å². The topological polar surface area (TPSA) is 237 Å². The Hall–Kier alpha value is -1.94. The molecule has 0 saturated carbocycles. The van der Waals surface area contributed by atoms with Gasteiger partial charge in [-0.25, -0.2) is 9.13 Å². The molecular formula is C73H142O17P2. The van der Waals surface area contributed by atoms with Gasteiger partial charge in [0.15, 0.2) is 12.2 Å². The van der Waals surface area contributed by atoms with E-state index in [9.17, 15) is 43.2 Å². The van der Waals surface area contributed by atoms with Crippen molar-refractivity contribution < 1.29 is 80.2 Å². The molecule has 0 fully saturated rings. The molecule has 0 aliphatic heterocycles. The number of rotatable bonds is 70. The van der Waals surface area contributed by atoms with Crippen molar-refractivity contribution >= 4 is 39.5 Å². The highest BCUT2D eigenvalue weighted by molar-refractivity contribution is 7.47. The summed E-state index contributed by atoms with van der Waals surface area (Å²) in [6.07, 6.45) is 46.0. The van der Waals surface area contributed by atoms with Crippen molar-refractivity contribution in [2.45, 2.75) is 382 Å². The van der Waals surface area contributed by atoms with Crippen molar-refractivity contribution in [1.29, 1.82) is 0 Å². The summed E-state index contributed by atoms with van der Waals surface area (Å²) in [5.41, 5.74) is 0. The van der Waals surface area contributed by atoms with Crippen molar-refractivity contribution in [3.8, 4) is 0 Å². The van der Waals surface area contributed by atoms with E-state index in [0.29, 0.717) is 31.6 Å². The first-order valence-corrected chi connectivity index (χ1v) is 40.7. The first kappa shape index (κ1) is 90.1. The number of phosphoric acid groups is 2. The fourth-order valence-electron chi connectivity index (χ4n) is 11.0. The van der Waals surface area contributed by atoms with E-state index in [0.717, 1.165) is 114 Å². The number of esters is 4. The fourth-order valence-corrected chi connectivity index (χ4v) is 12.6. The van der Waals surface area contributed by atoms with Crippen LogP contribution in [0.4, 0.5) is 0 Å². The number of phosphoric ester groups is 2. The summed E-state index contributed by atoms with van der Waals surface area (Å²) in [6.45, 7) is 14.1. The lowest BCUT2D eigenvalue weighted by Gasteiger charge is -2.21. The molecule has 0 aromatic rings. The van der Waals surface area contributed by atoms with Gasteiger partial charge in [0.25, 0.3) is 0 Å². The zero-order valence-corrected chi connectivity index (χ0v) is 62.0. The second-order valence-electron chi connectivity index (χ2n) is 28.2. The number of hydrogen-bond acceptors (Lipinski definition) is 15. The van der Waals surface area contributed by atoms with E-state index in [4.69, 9.17) is 37.0 Å². The van der Waals surface area contributed by atoms with Crippen LogP contribution in [-0.2, 0) is 65.4 Å². The molecule has 0 aliphatic rings. The van der Waals surface area contributed by atoms with Gasteiger partial charge in [0.1, 0.15) is 19.3 Å². The third-order valence-electron chi connectivity index (χ3n) is 16.8. The molecule has 2 unspecified atom stereocenters. The Morgan fingerprint density at radius 3 is 0.674 bits per heavy atom. The van der Waals surface area contributed by atoms with Crippen LogP contribution in [0, 0.1) is 23.7 Å². The van der Waals surface area contributed by atoms with Crippen molar-refractivity contribution in [3.63, 3.8) is 0 Å². The Morgan fingerprint density at radius 2 is 0.457 bits per heavy atom. The number of carbonyl (C=O) groups is 4. The van der Waals surface area contributed by atoms with Gasteiger partial charge in [-0.05, 0) is 49.4 Å². The van der Waals surface area contributed by atoms with Crippen LogP contribution in [0.5, 0.6) is 0 Å². The minimum atomic E-state index is -4.96. The predicted molar refractivity (Wildman–Crippen MR) is 372 cm³/mol. The van der Waals surface area contributed by atoms with Crippen LogP contribution in [0.1, 0.15) is 364 Å². The lowest BCUT2D eigenvalue weighted by atomic mass is 10.0. The van der Waals surface area contributed by atoms with E-state index >= 15 is 0 Å². The molecule has 0 rings (SSSR count). The minimum Gasteiger partial charge on any atom is -0.462 e. The molecule has 0 aromatic heterocycles. The summed E-state index contributed by atoms with van der Waals surface area (Å²) in [6, 6.07) is 0. The number of ether oxygens (including phenoxy) is 4. The Balaban J connectivity index is 5.23. The van der Waals surface area contributed by atoms with Crippen molar-refractivity contribution in [3.05, 3.63) is 0 Å². The maximum atomic E-state index is 13.0. The second-order valence-corrected chi connectivity index (χ2v) is 31.1. The molecule has 0 aliphatic carbocycles. The highest BCUT2D eigenvalue weighted by atomic mass is 31.2. The monoisotopic (exact) mass is 1350 g/mol. The average molecular weight is 1350 g/mol. The summed E-state index contributed by atoms with van der Waals surface area (Å²) in [7, 11) is -9.91. The van der Waals surface area contributed by atoms with Gasteiger partial charge in [-0.3, -0.25) is 37.3 Å². The lowest BCUT2D eigenvalue weighted by Crippen LogP contribution is -2.30. The normalized spacial score (nSPS) is 14.2. The van der Waals surface area contributed by atoms with Gasteiger partial charge in [0.2, 0.25) is 0 Å². The Bertz CT molecular complexity index is 1820. The second kappa shape index (κ2) is 62.6. The van der Waals surface area contributed by atoms with E-state index in [1.54, 1.807) is 0 Å². The van der Waals surface area contributed by atoms with Crippen LogP contribution in [0.2, 0.25) is 0 Å². The molecule has 5 atom stereocenters. The molecule has 546 valence electrons. The maximum absolute atomic E-state index is 13.0. The van der Waals surface area contributed by atoms with Gasteiger partial charge in [-0.2, -0.15) is 0 Å². The van der Waals surface area contributed by atoms with Gasteiger partial charge >= 0.3 is 39.5 Å². The van der Waals surface area contributed by atoms with Crippen LogP contribution in [0.3, 0.4) is 0 Å². The number of hydrogen-bond donors (Lipinski definition) is 3. The quantitative estimate of drug-likeness (QED) is 0.0222. The van der Waals surface area contributed by atoms with Crippen LogP contribution in [0.15, 0.2) is 0 Å². The molecule has 0 aromatic carbocycles. The first-order valence-electron chi connectivity index (χ1n) is 37.7. The standard InChI is InChI=1S/C73H142O17P2/c1-63(2)49-41-33-25-19-14-12-10-9-11-13-15-22-29-39-47-55-72(77)89-68(59-83-70(75)53-45-37-28-24-18-21-27-35-43-51-65(5)6)61-87-91(79,80)85-57-67(74)58-86-92(81,82)88-62-69(60-84-71(76)54-46-38-32-31-36-44-52-66(7)8)90-73(78)56-48-40-30-23-17-16-20-26-34-42-50-64(3)4/h63-69,74H,9-62H2,1-8H3,(H,79,80)(H,81,82)/t67-,68-,69-/m1/s1. The molecule has 0 spiro atoms. The minimum absolute atomic E-state index is 0.104. The highest BCUT2D eigenvalue weighted by Gasteiger charge is 2.30. The maximum Gasteiger partial charge on any atom is 0.472 e. The smallest absolute Gasteiger partial charge is 0.462 e. The van der Waals surface area contributed by atoms with E-state index in [-0.39, 0.29) is 25.7 Å². The van der Waals surface area contributed by atoms with E-state index in [1.165, 1.54) is 161 Å². The molecule has 0 saturated heterocycles. The Labute approximate surface area is 562 Å². The number of unbranched alkanes of at least 4 members (excludes halogenated alkanes) is 36. The van der Waals surface area contributed by atoms with Gasteiger partial charge in [-0.1, -0.05) is 312 Å². The van der Waals surface area contributed by atoms with E-state index < -0.39 is 97.5 Å². The predicted octanol–water partition coefficient (Wildman–Crippen LogP) is 20.9. The average Bonchev–Trinajstić information content (AvgIpc) is 3.69. The molecule has 19 heteroatoms. The van der Waals surface area contributed by atoms with Crippen LogP contribution in [-0.4, -0.2) is 96.7 Å². The molecular weight excluding hydrogens is 1210 g/mol. The molecule has 17 nitrogen and oxygen atoms in total. The SMILES string of the molecule is CC(C)CCCCCCCCCCCCCCCCCC(=O)O[C@H](COC(=O)CCCCCCCCCCCC(C)C)COP(=O)(O)OC[C@@H](O)COP(=O)(O)OC[C@@H](COC(=O)CCCCCCCCC(C)C)OC(=O)CCCCCCCCCCCCC(C)C. The molecule has 0 bridgehead atoms. The molecule has 0 heterocycles. The first-order chi connectivity index (χ1) is 44.1.